The second kappa shape index (κ2) is 7.61. The van der Waals surface area contributed by atoms with Gasteiger partial charge < -0.3 is 20.5 Å². The van der Waals surface area contributed by atoms with Gasteiger partial charge in [-0.2, -0.15) is 0 Å². The molecule has 29 heavy (non-hydrogen) atoms. The molecule has 0 unspecified atom stereocenters. The highest BCUT2D eigenvalue weighted by atomic mass is 19.2. The summed E-state index contributed by atoms with van der Waals surface area (Å²) in [4.78, 5) is 15.0. The number of phenolic OH excluding ortho intramolecular Hbond substituents is 1. The maximum Gasteiger partial charge on any atom is 0.326 e. The van der Waals surface area contributed by atoms with Gasteiger partial charge in [-0.3, -0.25) is 4.57 Å². The minimum Gasteiger partial charge on any atom is -0.508 e. The number of aromatic amines is 1. The molecule has 1 aliphatic heterocycles. The number of aliphatic hydroxyl groups is 1. The number of halogens is 2. The van der Waals surface area contributed by atoms with Crippen molar-refractivity contribution in [3.63, 3.8) is 0 Å². The Kier molecular flexibility index (Phi) is 5.14. The third-order valence-corrected chi connectivity index (χ3v) is 5.65. The molecule has 1 aromatic heterocycles. The van der Waals surface area contributed by atoms with Gasteiger partial charge in [0.05, 0.1) is 17.1 Å². The molecule has 8 heteroatoms. The van der Waals surface area contributed by atoms with Crippen molar-refractivity contribution in [2.45, 2.75) is 50.9 Å². The first-order valence-corrected chi connectivity index (χ1v) is 9.67. The number of aromatic nitrogens is 2. The van der Waals surface area contributed by atoms with Gasteiger partial charge in [0.25, 0.3) is 0 Å². The molecule has 0 aliphatic carbocycles. The van der Waals surface area contributed by atoms with Crippen molar-refractivity contribution in [2.24, 2.45) is 0 Å². The van der Waals surface area contributed by atoms with Crippen molar-refractivity contribution < 1.29 is 19.0 Å². The van der Waals surface area contributed by atoms with Crippen LogP contribution in [0.3, 0.4) is 0 Å². The van der Waals surface area contributed by atoms with Crippen LogP contribution in [0.1, 0.15) is 37.0 Å². The summed E-state index contributed by atoms with van der Waals surface area (Å²) in [5.41, 5.74) is 2.28. The summed E-state index contributed by atoms with van der Waals surface area (Å²) in [6.07, 6.45) is 0.680. The smallest absolute Gasteiger partial charge is 0.326 e. The third kappa shape index (κ3) is 3.65. The molecule has 154 valence electrons. The molecule has 4 N–H and O–H groups in total. The number of hydrogen-bond acceptors (Lipinski definition) is 4. The van der Waals surface area contributed by atoms with Gasteiger partial charge in [-0.15, -0.1) is 0 Å². The van der Waals surface area contributed by atoms with Crippen LogP contribution >= 0.6 is 0 Å². The van der Waals surface area contributed by atoms with Crippen LogP contribution in [-0.2, 0) is 13.0 Å². The van der Waals surface area contributed by atoms with Crippen molar-refractivity contribution in [1.29, 1.82) is 0 Å². The Labute approximate surface area is 165 Å². The van der Waals surface area contributed by atoms with Gasteiger partial charge in [0.1, 0.15) is 5.75 Å². The van der Waals surface area contributed by atoms with Crippen LogP contribution in [0.25, 0.3) is 11.0 Å². The number of nitrogens with zero attached hydrogens (tertiary/aromatic N) is 1. The number of aromatic hydroxyl groups is 1. The van der Waals surface area contributed by atoms with Gasteiger partial charge in [-0.05, 0) is 43.9 Å². The second-order valence-corrected chi connectivity index (χ2v) is 7.67. The van der Waals surface area contributed by atoms with Crippen LogP contribution in [0.5, 0.6) is 5.75 Å². The van der Waals surface area contributed by atoms with E-state index in [1.54, 1.807) is 10.6 Å². The highest BCUT2D eigenvalue weighted by molar-refractivity contribution is 5.79. The topological polar surface area (TPSA) is 90.3 Å². The minimum absolute atomic E-state index is 0.0582. The molecule has 2 aromatic carbocycles. The van der Waals surface area contributed by atoms with Gasteiger partial charge in [0, 0.05) is 30.3 Å². The van der Waals surface area contributed by atoms with Crippen molar-refractivity contribution >= 4 is 11.0 Å². The molecule has 0 saturated heterocycles. The number of benzene rings is 2. The Morgan fingerprint density at radius 2 is 2.07 bits per heavy atom. The largest absolute Gasteiger partial charge is 0.508 e. The Morgan fingerprint density at radius 3 is 2.86 bits per heavy atom. The Hall–Kier alpha value is -2.71. The van der Waals surface area contributed by atoms with Gasteiger partial charge in [0.15, 0.2) is 11.6 Å². The van der Waals surface area contributed by atoms with Crippen molar-refractivity contribution in [1.82, 2.24) is 14.9 Å². The number of phenols is 1. The number of para-hydroxylation sites is 1. The van der Waals surface area contributed by atoms with E-state index < -0.39 is 17.7 Å². The van der Waals surface area contributed by atoms with Crippen LogP contribution in [0, 0.1) is 11.6 Å². The lowest BCUT2D eigenvalue weighted by Crippen LogP contribution is -2.41. The fourth-order valence-electron chi connectivity index (χ4n) is 4.12. The number of H-pyrrole nitrogens is 1. The second-order valence-electron chi connectivity index (χ2n) is 7.67. The lowest BCUT2D eigenvalue weighted by atomic mass is 9.98. The van der Waals surface area contributed by atoms with Gasteiger partial charge in [0.2, 0.25) is 0 Å². The summed E-state index contributed by atoms with van der Waals surface area (Å²) >= 11 is 0. The van der Waals surface area contributed by atoms with Crippen molar-refractivity contribution in [2.75, 3.05) is 0 Å². The molecule has 4 rings (SSSR count). The summed E-state index contributed by atoms with van der Waals surface area (Å²) in [6.45, 7) is 2.41. The summed E-state index contributed by atoms with van der Waals surface area (Å²) in [7, 11) is 0. The van der Waals surface area contributed by atoms with Crippen LogP contribution in [0.2, 0.25) is 0 Å². The highest BCUT2D eigenvalue weighted by Crippen LogP contribution is 2.30. The fraction of sp³-hybridized carbons (Fsp3) is 0.381. The molecule has 1 aliphatic rings. The first-order valence-electron chi connectivity index (χ1n) is 9.67. The molecule has 6 nitrogen and oxygen atoms in total. The van der Waals surface area contributed by atoms with Crippen LogP contribution in [0.15, 0.2) is 35.1 Å². The average Bonchev–Trinajstić information content (AvgIpc) is 2.93. The van der Waals surface area contributed by atoms with Crippen molar-refractivity contribution in [3.05, 3.63) is 63.6 Å². The molecule has 0 fully saturated rings. The van der Waals surface area contributed by atoms with E-state index in [2.05, 4.69) is 10.3 Å². The van der Waals surface area contributed by atoms with Gasteiger partial charge in [-0.1, -0.05) is 12.1 Å². The van der Waals surface area contributed by atoms with Crippen LogP contribution in [-0.4, -0.2) is 31.8 Å². The monoisotopic (exact) mass is 403 g/mol. The lowest BCUT2D eigenvalue weighted by Gasteiger charge is -2.26. The molecule has 0 spiro atoms. The first-order chi connectivity index (χ1) is 13.8. The molecule has 3 atom stereocenters. The Bertz CT molecular complexity index is 1110. The molecule has 2 heterocycles. The Balaban J connectivity index is 1.47. The fourth-order valence-corrected chi connectivity index (χ4v) is 4.12. The standard InChI is InChI=1S/C21H23F2N3O3/c1-11(5-6-12-9-14(22)15(23)10-18(12)27)24-17-7-8-26-19-13(20(17)28)3-2-4-16(19)25-21(26)29/h2-4,9-11,17,20,24,27-28H,5-8H2,1H3,(H,25,29)/t11-,17+,20+/m0/s1. The van der Waals surface area contributed by atoms with Crippen molar-refractivity contribution in [3.8, 4) is 5.75 Å². The summed E-state index contributed by atoms with van der Waals surface area (Å²) in [5.74, 6) is -2.33. The van der Waals surface area contributed by atoms with E-state index in [0.717, 1.165) is 17.6 Å². The summed E-state index contributed by atoms with van der Waals surface area (Å²) in [5, 5.41) is 24.1. The quantitative estimate of drug-likeness (QED) is 0.527. The van der Waals surface area contributed by atoms with Gasteiger partial charge in [-0.25, -0.2) is 13.6 Å². The number of rotatable bonds is 5. The number of hydrogen-bond donors (Lipinski definition) is 4. The number of aryl methyl sites for hydroxylation is 2. The molecular weight excluding hydrogens is 380 g/mol. The molecule has 0 bridgehead atoms. The summed E-state index contributed by atoms with van der Waals surface area (Å²) < 4.78 is 28.2. The molecule has 3 aromatic rings. The van der Waals surface area contributed by atoms with E-state index in [1.165, 1.54) is 0 Å². The zero-order chi connectivity index (χ0) is 20.7. The van der Waals surface area contributed by atoms with E-state index in [0.29, 0.717) is 42.5 Å². The Morgan fingerprint density at radius 1 is 1.31 bits per heavy atom. The first kappa shape index (κ1) is 19.6. The molecule has 0 amide bonds. The average molecular weight is 403 g/mol. The molecule has 0 radical (unpaired) electrons. The number of nitrogens with one attached hydrogen (secondary N) is 2. The SMILES string of the molecule is C[C@@H](CCc1cc(F)c(F)cc1O)N[C@@H]1CCn2c(=O)[nH]c3cccc(c32)[C@H]1O. The number of aliphatic hydroxyl groups excluding tert-OH is 1. The van der Waals surface area contributed by atoms with E-state index in [4.69, 9.17) is 0 Å². The predicted molar refractivity (Wildman–Crippen MR) is 105 cm³/mol. The van der Waals surface area contributed by atoms with Gasteiger partial charge >= 0.3 is 5.69 Å². The van der Waals surface area contributed by atoms with E-state index in [-0.39, 0.29) is 23.5 Å². The maximum absolute atomic E-state index is 13.4. The minimum atomic E-state index is -1.08. The molecular formula is C21H23F2N3O3. The molecule has 0 saturated carbocycles. The summed E-state index contributed by atoms with van der Waals surface area (Å²) in [6, 6.07) is 6.90. The normalized spacial score (nSPS) is 20.0. The maximum atomic E-state index is 13.4. The zero-order valence-electron chi connectivity index (χ0n) is 16.0. The van der Waals surface area contributed by atoms with Crippen LogP contribution in [0.4, 0.5) is 8.78 Å². The van der Waals surface area contributed by atoms with E-state index in [9.17, 15) is 23.8 Å². The predicted octanol–water partition coefficient (Wildman–Crippen LogP) is 2.73. The third-order valence-electron chi connectivity index (χ3n) is 5.65. The van der Waals surface area contributed by atoms with E-state index >= 15 is 0 Å². The van der Waals surface area contributed by atoms with Crippen LogP contribution < -0.4 is 11.0 Å². The number of imidazole rings is 1. The lowest BCUT2D eigenvalue weighted by molar-refractivity contribution is 0.119. The highest BCUT2D eigenvalue weighted by Gasteiger charge is 2.29. The van der Waals surface area contributed by atoms with E-state index in [1.807, 2.05) is 19.1 Å². The zero-order valence-corrected chi connectivity index (χ0v) is 16.0.